The number of aromatic nitrogens is 1. The van der Waals surface area contributed by atoms with E-state index in [4.69, 9.17) is 9.47 Å². The van der Waals surface area contributed by atoms with Crippen LogP contribution in [0.25, 0.3) is 0 Å². The fraction of sp³-hybridized carbons (Fsp3) is 0.560. The van der Waals surface area contributed by atoms with Crippen molar-refractivity contribution < 1.29 is 19.1 Å². The summed E-state index contributed by atoms with van der Waals surface area (Å²) in [5.41, 5.74) is 1.13. The first-order chi connectivity index (χ1) is 15.9. The highest BCUT2D eigenvalue weighted by atomic mass is 32.1. The molecular weight excluding hydrogens is 438 g/mol. The topological polar surface area (TPSA) is 80.8 Å². The first-order valence-electron chi connectivity index (χ1n) is 11.5. The van der Waals surface area contributed by atoms with E-state index in [1.807, 2.05) is 42.3 Å². The molecule has 0 spiro atoms. The molecule has 1 fully saturated rings. The second-order valence-electron chi connectivity index (χ2n) is 8.66. The van der Waals surface area contributed by atoms with Crippen molar-refractivity contribution >= 4 is 23.2 Å². The largest absolute Gasteiger partial charge is 0.381 e. The monoisotopic (exact) mass is 473 g/mol. The van der Waals surface area contributed by atoms with Crippen LogP contribution in [0.15, 0.2) is 41.9 Å². The van der Waals surface area contributed by atoms with Crippen molar-refractivity contribution in [3.63, 3.8) is 0 Å². The number of ether oxygens (including phenoxy) is 2. The van der Waals surface area contributed by atoms with Crippen molar-refractivity contribution in [3.8, 4) is 0 Å². The Balaban J connectivity index is 1.71. The van der Waals surface area contributed by atoms with Crippen LogP contribution in [0.4, 0.5) is 0 Å². The molecule has 1 aliphatic heterocycles. The number of amides is 2. The van der Waals surface area contributed by atoms with Crippen molar-refractivity contribution in [2.75, 3.05) is 20.8 Å². The molecule has 8 heteroatoms. The molecule has 3 rings (SSSR count). The molecular formula is C25H35N3O4S. The molecule has 2 heterocycles. The molecule has 0 unspecified atom stereocenters. The maximum atomic E-state index is 13.4. The molecule has 180 valence electrons. The Hall–Kier alpha value is -2.29. The highest BCUT2D eigenvalue weighted by Gasteiger charge is 2.40. The van der Waals surface area contributed by atoms with E-state index in [9.17, 15) is 9.59 Å². The summed E-state index contributed by atoms with van der Waals surface area (Å²) in [6, 6.07) is 9.73. The molecule has 1 aromatic heterocycles. The summed E-state index contributed by atoms with van der Waals surface area (Å²) in [5, 5.41) is 5.99. The van der Waals surface area contributed by atoms with E-state index in [1.165, 1.54) is 11.3 Å². The number of carbonyl (C=O) groups is 2. The van der Waals surface area contributed by atoms with Gasteiger partial charge >= 0.3 is 0 Å². The first kappa shape index (κ1) is 25.3. The standard InChI is InChI=1S/C25H35N3O4S/c1-17(31-3)15-22(29)28-13-8-11-21(28)23(32-4)18(2)24(30)27-20(25-26-12-14-33-25)16-19-9-6-5-7-10-19/h5-7,9-10,12,14,17-18,20-21,23H,8,11,13,15-16H2,1-4H3,(H,27,30)/t17-,18+,20-,21-,23+/m0/s1. The molecule has 1 aliphatic rings. The summed E-state index contributed by atoms with van der Waals surface area (Å²) in [7, 11) is 3.23. The van der Waals surface area contributed by atoms with Crippen LogP contribution in [0.3, 0.4) is 0 Å². The fourth-order valence-corrected chi connectivity index (χ4v) is 5.18. The Morgan fingerprint density at radius 3 is 2.61 bits per heavy atom. The summed E-state index contributed by atoms with van der Waals surface area (Å²) in [6.45, 7) is 4.45. The number of methoxy groups -OCH3 is 2. The summed E-state index contributed by atoms with van der Waals surface area (Å²) < 4.78 is 11.1. The Morgan fingerprint density at radius 1 is 1.21 bits per heavy atom. The molecule has 7 nitrogen and oxygen atoms in total. The normalized spacial score (nSPS) is 19.6. The van der Waals surface area contributed by atoms with Crippen molar-refractivity contribution in [1.82, 2.24) is 15.2 Å². The predicted octanol–water partition coefficient (Wildman–Crippen LogP) is 3.61. The zero-order valence-corrected chi connectivity index (χ0v) is 20.7. The quantitative estimate of drug-likeness (QED) is 0.539. The van der Waals surface area contributed by atoms with Crippen LogP contribution >= 0.6 is 11.3 Å². The molecule has 2 amide bonds. The molecule has 0 bridgehead atoms. The lowest BCUT2D eigenvalue weighted by atomic mass is 9.94. The summed E-state index contributed by atoms with van der Waals surface area (Å²) in [4.78, 5) is 32.5. The van der Waals surface area contributed by atoms with Gasteiger partial charge in [-0.3, -0.25) is 9.59 Å². The van der Waals surface area contributed by atoms with E-state index in [0.29, 0.717) is 19.4 Å². The Bertz CT molecular complexity index is 877. The lowest BCUT2D eigenvalue weighted by molar-refractivity contribution is -0.141. The van der Waals surface area contributed by atoms with Gasteiger partial charge < -0.3 is 19.7 Å². The summed E-state index contributed by atoms with van der Waals surface area (Å²) >= 11 is 1.53. The molecule has 0 radical (unpaired) electrons. The van der Waals surface area contributed by atoms with Crippen molar-refractivity contribution in [3.05, 3.63) is 52.5 Å². The van der Waals surface area contributed by atoms with Gasteiger partial charge in [0.2, 0.25) is 11.8 Å². The third kappa shape index (κ3) is 6.62. The lowest BCUT2D eigenvalue weighted by Crippen LogP contribution is -2.50. The van der Waals surface area contributed by atoms with Gasteiger partial charge in [0.1, 0.15) is 5.01 Å². The van der Waals surface area contributed by atoms with E-state index < -0.39 is 5.92 Å². The average Bonchev–Trinajstić information content (AvgIpc) is 3.52. The Kier molecular flexibility index (Phi) is 9.41. The Morgan fingerprint density at radius 2 is 1.97 bits per heavy atom. The van der Waals surface area contributed by atoms with Gasteiger partial charge in [0.05, 0.1) is 36.6 Å². The van der Waals surface area contributed by atoms with E-state index in [0.717, 1.165) is 23.4 Å². The van der Waals surface area contributed by atoms with Gasteiger partial charge in [-0.1, -0.05) is 37.3 Å². The number of nitrogens with one attached hydrogen (secondary N) is 1. The van der Waals surface area contributed by atoms with Crippen LogP contribution in [0.5, 0.6) is 0 Å². The van der Waals surface area contributed by atoms with Crippen LogP contribution in [0.2, 0.25) is 0 Å². The highest BCUT2D eigenvalue weighted by molar-refractivity contribution is 7.09. The minimum atomic E-state index is -0.425. The number of hydrogen-bond donors (Lipinski definition) is 1. The van der Waals surface area contributed by atoms with Crippen LogP contribution < -0.4 is 5.32 Å². The average molecular weight is 474 g/mol. The number of thiazole rings is 1. The maximum absolute atomic E-state index is 13.4. The third-order valence-electron chi connectivity index (χ3n) is 6.39. The second kappa shape index (κ2) is 12.3. The number of carbonyl (C=O) groups excluding carboxylic acids is 2. The number of nitrogens with zero attached hydrogens (tertiary/aromatic N) is 2. The van der Waals surface area contributed by atoms with E-state index in [2.05, 4.69) is 22.4 Å². The smallest absolute Gasteiger partial charge is 0.226 e. The van der Waals surface area contributed by atoms with Gasteiger partial charge in [0.25, 0.3) is 0 Å². The number of likely N-dealkylation sites (tertiary alicyclic amines) is 1. The molecule has 0 aliphatic carbocycles. The van der Waals surface area contributed by atoms with Crippen molar-refractivity contribution in [1.29, 1.82) is 0 Å². The van der Waals surface area contributed by atoms with Crippen molar-refractivity contribution in [2.45, 2.75) is 63.8 Å². The molecule has 2 aromatic rings. The Labute approximate surface area is 200 Å². The van der Waals surface area contributed by atoms with E-state index >= 15 is 0 Å². The molecule has 5 atom stereocenters. The molecule has 0 saturated carbocycles. The van der Waals surface area contributed by atoms with Gasteiger partial charge in [0, 0.05) is 32.3 Å². The zero-order chi connectivity index (χ0) is 23.8. The number of rotatable bonds is 11. The van der Waals surface area contributed by atoms with E-state index in [1.54, 1.807) is 20.4 Å². The highest BCUT2D eigenvalue weighted by Crippen LogP contribution is 2.28. The van der Waals surface area contributed by atoms with Crippen LogP contribution in [-0.2, 0) is 25.5 Å². The number of hydrogen-bond acceptors (Lipinski definition) is 6. The van der Waals surface area contributed by atoms with Gasteiger partial charge in [-0.2, -0.15) is 0 Å². The predicted molar refractivity (Wildman–Crippen MR) is 129 cm³/mol. The minimum Gasteiger partial charge on any atom is -0.381 e. The second-order valence-corrected chi connectivity index (χ2v) is 9.58. The van der Waals surface area contributed by atoms with Gasteiger partial charge in [0.15, 0.2) is 0 Å². The van der Waals surface area contributed by atoms with Crippen LogP contribution in [-0.4, -0.2) is 60.7 Å². The molecule has 1 aromatic carbocycles. The maximum Gasteiger partial charge on any atom is 0.226 e. The van der Waals surface area contributed by atoms with Crippen molar-refractivity contribution in [2.24, 2.45) is 5.92 Å². The third-order valence-corrected chi connectivity index (χ3v) is 7.28. The van der Waals surface area contributed by atoms with Gasteiger partial charge in [-0.25, -0.2) is 4.98 Å². The zero-order valence-electron chi connectivity index (χ0n) is 19.9. The summed E-state index contributed by atoms with van der Waals surface area (Å²) in [6.07, 6.45) is 3.94. The first-order valence-corrected chi connectivity index (χ1v) is 12.4. The number of benzene rings is 1. The van der Waals surface area contributed by atoms with Gasteiger partial charge in [-0.15, -0.1) is 11.3 Å². The van der Waals surface area contributed by atoms with Crippen LogP contribution in [0, 0.1) is 5.92 Å². The van der Waals surface area contributed by atoms with Crippen LogP contribution in [0.1, 0.15) is 49.7 Å². The fourth-order valence-electron chi connectivity index (χ4n) is 4.49. The van der Waals surface area contributed by atoms with Gasteiger partial charge in [-0.05, 0) is 31.7 Å². The summed E-state index contributed by atoms with van der Waals surface area (Å²) in [5.74, 6) is -0.472. The lowest BCUT2D eigenvalue weighted by Gasteiger charge is -2.34. The molecule has 1 saturated heterocycles. The SMILES string of the molecule is CO[C@H]([C@@H](C)C(=O)N[C@@H](Cc1ccccc1)c1nccs1)[C@@H]1CCCN1C(=O)C[C@H](C)OC. The molecule has 1 N–H and O–H groups in total. The minimum absolute atomic E-state index is 0.0475. The van der Waals surface area contributed by atoms with E-state index in [-0.39, 0.29) is 36.1 Å². The molecule has 33 heavy (non-hydrogen) atoms.